The summed E-state index contributed by atoms with van der Waals surface area (Å²) in [5.74, 6) is 0.241. The second-order valence-electron chi connectivity index (χ2n) is 5.08. The first-order chi connectivity index (χ1) is 11.6. The van der Waals surface area contributed by atoms with Crippen molar-refractivity contribution in [3.63, 3.8) is 0 Å². The van der Waals surface area contributed by atoms with Gasteiger partial charge in [-0.2, -0.15) is 0 Å². The van der Waals surface area contributed by atoms with Crippen LogP contribution in [-0.2, 0) is 16.0 Å². The van der Waals surface area contributed by atoms with Crippen molar-refractivity contribution in [2.45, 2.75) is 32.6 Å². The molecule has 0 bridgehead atoms. The van der Waals surface area contributed by atoms with Crippen molar-refractivity contribution in [1.82, 2.24) is 10.2 Å². The van der Waals surface area contributed by atoms with E-state index in [1.807, 2.05) is 0 Å². The summed E-state index contributed by atoms with van der Waals surface area (Å²) in [7, 11) is 1.58. The van der Waals surface area contributed by atoms with Crippen LogP contribution in [0.5, 0.6) is 5.75 Å². The minimum absolute atomic E-state index is 0.0880. The van der Waals surface area contributed by atoms with Gasteiger partial charge >= 0.3 is 0 Å². The molecule has 7 nitrogen and oxygen atoms in total. The van der Waals surface area contributed by atoms with Crippen LogP contribution in [0.15, 0.2) is 24.3 Å². The van der Waals surface area contributed by atoms with Crippen LogP contribution < -0.4 is 15.4 Å². The zero-order valence-electron chi connectivity index (χ0n) is 13.7. The van der Waals surface area contributed by atoms with E-state index in [0.29, 0.717) is 16.6 Å². The number of rotatable bonds is 8. The molecule has 8 heteroatoms. The molecule has 0 aliphatic carbocycles. The molecule has 0 saturated heterocycles. The summed E-state index contributed by atoms with van der Waals surface area (Å²) in [5.41, 5.74) is 0.662. The summed E-state index contributed by atoms with van der Waals surface area (Å²) in [5, 5.41) is 14.7. The number of hydrogen-bond acceptors (Lipinski definition) is 6. The van der Waals surface area contributed by atoms with Crippen LogP contribution in [0.1, 0.15) is 31.2 Å². The number of methoxy groups -OCH3 is 1. The highest BCUT2D eigenvalue weighted by Gasteiger charge is 2.10. The normalized spacial score (nSPS) is 10.2. The molecular weight excluding hydrogens is 328 g/mol. The van der Waals surface area contributed by atoms with E-state index in [4.69, 9.17) is 4.74 Å². The number of aryl methyl sites for hydroxylation is 1. The molecule has 2 aromatic rings. The number of nitrogens with one attached hydrogen (secondary N) is 2. The van der Waals surface area contributed by atoms with Crippen molar-refractivity contribution < 1.29 is 14.3 Å². The molecule has 1 heterocycles. The summed E-state index contributed by atoms with van der Waals surface area (Å²) in [6, 6.07) is 7.00. The highest BCUT2D eigenvalue weighted by Crippen LogP contribution is 2.17. The Balaban J connectivity index is 1.74. The quantitative estimate of drug-likeness (QED) is 0.765. The topological polar surface area (TPSA) is 93.2 Å². The van der Waals surface area contributed by atoms with Crippen molar-refractivity contribution in [1.29, 1.82) is 0 Å². The standard InChI is InChI=1S/C16H20N4O3S/c1-3-4-15-19-20-16(24-15)18-14(22)10-9-13(21)17-11-5-7-12(23-2)8-6-11/h5-8H,3-4,9-10H2,1-2H3,(H,17,21)(H,18,20,22). The number of anilines is 2. The number of hydrogen-bond donors (Lipinski definition) is 2. The third-order valence-corrected chi connectivity index (χ3v) is 4.03. The van der Waals surface area contributed by atoms with E-state index in [1.165, 1.54) is 11.3 Å². The lowest BCUT2D eigenvalue weighted by atomic mass is 10.2. The molecule has 0 spiro atoms. The van der Waals surface area contributed by atoms with Crippen molar-refractivity contribution in [3.8, 4) is 5.75 Å². The Morgan fingerprint density at radius 3 is 2.38 bits per heavy atom. The molecule has 0 radical (unpaired) electrons. The van der Waals surface area contributed by atoms with Gasteiger partial charge in [-0.1, -0.05) is 18.3 Å². The second-order valence-corrected chi connectivity index (χ2v) is 6.14. The SMILES string of the molecule is CCCc1nnc(NC(=O)CCC(=O)Nc2ccc(OC)cc2)s1. The molecule has 0 saturated carbocycles. The van der Waals surface area contributed by atoms with Crippen LogP contribution in [0.3, 0.4) is 0 Å². The van der Waals surface area contributed by atoms with Gasteiger partial charge in [-0.05, 0) is 30.7 Å². The van der Waals surface area contributed by atoms with Gasteiger partial charge in [0.2, 0.25) is 16.9 Å². The van der Waals surface area contributed by atoms with Gasteiger partial charge in [-0.3, -0.25) is 9.59 Å². The first kappa shape index (κ1) is 17.9. The van der Waals surface area contributed by atoms with Crippen molar-refractivity contribution in [2.75, 3.05) is 17.7 Å². The third kappa shape index (κ3) is 5.62. The second kappa shape index (κ2) is 8.97. The Morgan fingerprint density at radius 1 is 1.08 bits per heavy atom. The average molecular weight is 348 g/mol. The maximum Gasteiger partial charge on any atom is 0.226 e. The van der Waals surface area contributed by atoms with E-state index in [0.717, 1.165) is 17.8 Å². The lowest BCUT2D eigenvalue weighted by Crippen LogP contribution is -2.17. The van der Waals surface area contributed by atoms with Crippen LogP contribution in [0, 0.1) is 0 Å². The van der Waals surface area contributed by atoms with Crippen LogP contribution in [0.4, 0.5) is 10.8 Å². The number of carbonyl (C=O) groups excluding carboxylic acids is 2. The molecule has 2 N–H and O–H groups in total. The fourth-order valence-electron chi connectivity index (χ4n) is 1.93. The van der Waals surface area contributed by atoms with Gasteiger partial charge in [-0.25, -0.2) is 0 Å². The fraction of sp³-hybridized carbons (Fsp3) is 0.375. The Bertz CT molecular complexity index is 685. The van der Waals surface area contributed by atoms with Gasteiger partial charge in [-0.15, -0.1) is 10.2 Å². The number of benzene rings is 1. The average Bonchev–Trinajstić information content (AvgIpc) is 3.01. The van der Waals surface area contributed by atoms with Gasteiger partial charge in [0, 0.05) is 24.9 Å². The number of nitrogens with zero attached hydrogens (tertiary/aromatic N) is 2. The van der Waals surface area contributed by atoms with Crippen LogP contribution in [0.25, 0.3) is 0 Å². The van der Waals surface area contributed by atoms with E-state index in [-0.39, 0.29) is 24.7 Å². The van der Waals surface area contributed by atoms with E-state index < -0.39 is 0 Å². The molecule has 24 heavy (non-hydrogen) atoms. The predicted molar refractivity (Wildman–Crippen MR) is 93.4 cm³/mol. The van der Waals surface area contributed by atoms with Gasteiger partial charge in [0.1, 0.15) is 10.8 Å². The zero-order chi connectivity index (χ0) is 17.4. The lowest BCUT2D eigenvalue weighted by molar-refractivity contribution is -0.121. The number of amides is 2. The first-order valence-corrected chi connectivity index (χ1v) is 8.48. The largest absolute Gasteiger partial charge is 0.497 e. The Kier molecular flexibility index (Phi) is 6.68. The molecule has 128 valence electrons. The maximum absolute atomic E-state index is 11.9. The predicted octanol–water partition coefficient (Wildman–Crippen LogP) is 2.86. The highest BCUT2D eigenvalue weighted by atomic mass is 32.1. The molecular formula is C16H20N4O3S. The molecule has 2 amide bonds. The van der Waals surface area contributed by atoms with Crippen molar-refractivity contribution in [3.05, 3.63) is 29.3 Å². The van der Waals surface area contributed by atoms with Gasteiger partial charge in [0.25, 0.3) is 0 Å². The summed E-state index contributed by atoms with van der Waals surface area (Å²) in [6.07, 6.45) is 2.01. The van der Waals surface area contributed by atoms with E-state index >= 15 is 0 Å². The highest BCUT2D eigenvalue weighted by molar-refractivity contribution is 7.15. The summed E-state index contributed by atoms with van der Waals surface area (Å²) >= 11 is 1.36. The summed E-state index contributed by atoms with van der Waals surface area (Å²) < 4.78 is 5.05. The fourth-order valence-corrected chi connectivity index (χ4v) is 2.78. The van der Waals surface area contributed by atoms with Crippen LogP contribution in [-0.4, -0.2) is 29.1 Å². The Hall–Kier alpha value is -2.48. The molecule has 2 rings (SSSR count). The van der Waals surface area contributed by atoms with Crippen LogP contribution in [0.2, 0.25) is 0 Å². The minimum atomic E-state index is -0.251. The van der Waals surface area contributed by atoms with E-state index in [1.54, 1.807) is 31.4 Å². The minimum Gasteiger partial charge on any atom is -0.497 e. The van der Waals surface area contributed by atoms with E-state index in [2.05, 4.69) is 27.8 Å². The molecule has 0 aliphatic heterocycles. The molecule has 0 aliphatic rings. The zero-order valence-corrected chi connectivity index (χ0v) is 14.5. The molecule has 1 aromatic carbocycles. The monoisotopic (exact) mass is 348 g/mol. The first-order valence-electron chi connectivity index (χ1n) is 7.67. The lowest BCUT2D eigenvalue weighted by Gasteiger charge is -2.06. The number of aromatic nitrogens is 2. The van der Waals surface area contributed by atoms with Crippen molar-refractivity contribution in [2.24, 2.45) is 0 Å². The van der Waals surface area contributed by atoms with Gasteiger partial charge in [0.15, 0.2) is 0 Å². The summed E-state index contributed by atoms with van der Waals surface area (Å²) in [4.78, 5) is 23.7. The van der Waals surface area contributed by atoms with Crippen molar-refractivity contribution >= 4 is 34.0 Å². The molecule has 1 aromatic heterocycles. The third-order valence-electron chi connectivity index (χ3n) is 3.13. The van der Waals surface area contributed by atoms with Gasteiger partial charge in [0.05, 0.1) is 7.11 Å². The smallest absolute Gasteiger partial charge is 0.226 e. The molecule has 0 atom stereocenters. The maximum atomic E-state index is 11.9. The van der Waals surface area contributed by atoms with Crippen LogP contribution >= 0.6 is 11.3 Å². The molecule has 0 unspecified atom stereocenters. The van der Waals surface area contributed by atoms with Gasteiger partial charge < -0.3 is 15.4 Å². The Labute approximate surface area is 144 Å². The number of carbonyl (C=O) groups is 2. The number of ether oxygens (including phenoxy) is 1. The summed E-state index contributed by atoms with van der Waals surface area (Å²) in [6.45, 7) is 2.06. The van der Waals surface area contributed by atoms with E-state index in [9.17, 15) is 9.59 Å². The Morgan fingerprint density at radius 2 is 1.75 bits per heavy atom. The molecule has 0 fully saturated rings.